The van der Waals surface area contributed by atoms with Crippen LogP contribution < -0.4 is 0 Å². The van der Waals surface area contributed by atoms with Crippen molar-refractivity contribution in [3.05, 3.63) is 18.7 Å². The van der Waals surface area contributed by atoms with E-state index in [1.807, 2.05) is 18.7 Å². The highest BCUT2D eigenvalue weighted by molar-refractivity contribution is 7.36. The van der Waals surface area contributed by atoms with Gasteiger partial charge in [-0.3, -0.25) is 0 Å². The summed E-state index contributed by atoms with van der Waals surface area (Å²) in [5.41, 5.74) is 0. The summed E-state index contributed by atoms with van der Waals surface area (Å²) in [6.45, 7) is 2.22. The minimum atomic E-state index is 0.890. The summed E-state index contributed by atoms with van der Waals surface area (Å²) >= 11 is 0. The highest BCUT2D eigenvalue weighted by Crippen LogP contribution is 2.14. The van der Waals surface area contributed by atoms with Crippen LogP contribution in [0, 0.1) is 0 Å². The third kappa shape index (κ3) is 2.49. The van der Waals surface area contributed by atoms with Crippen molar-refractivity contribution < 1.29 is 0 Å². The molecule has 1 atom stereocenters. The van der Waals surface area contributed by atoms with Gasteiger partial charge < -0.3 is 4.34 Å². The van der Waals surface area contributed by atoms with Gasteiger partial charge in [0.25, 0.3) is 0 Å². The highest BCUT2D eigenvalue weighted by Gasteiger charge is 1.87. The van der Waals surface area contributed by atoms with E-state index in [1.54, 1.807) is 0 Å². The SMILES string of the molecule is CCCCPn1ccnc1. The first-order chi connectivity index (χ1) is 4.93. The van der Waals surface area contributed by atoms with Gasteiger partial charge in [-0.25, -0.2) is 4.98 Å². The smallest absolute Gasteiger partial charge is 0.0977 e. The zero-order valence-corrected chi connectivity index (χ0v) is 7.25. The molecule has 0 spiro atoms. The Morgan fingerprint density at radius 1 is 1.60 bits per heavy atom. The number of rotatable bonds is 4. The molecule has 1 heterocycles. The van der Waals surface area contributed by atoms with Gasteiger partial charge in [-0.2, -0.15) is 0 Å². The van der Waals surface area contributed by atoms with Crippen molar-refractivity contribution in [2.45, 2.75) is 19.8 Å². The van der Waals surface area contributed by atoms with Crippen LogP contribution in [-0.2, 0) is 0 Å². The second-order valence-electron chi connectivity index (χ2n) is 2.23. The van der Waals surface area contributed by atoms with E-state index in [0.717, 1.165) is 8.73 Å². The van der Waals surface area contributed by atoms with Crippen LogP contribution in [0.1, 0.15) is 19.8 Å². The molecular weight excluding hydrogens is 143 g/mol. The van der Waals surface area contributed by atoms with Crippen molar-refractivity contribution in [2.75, 3.05) is 6.16 Å². The Balaban J connectivity index is 2.15. The molecule has 1 rings (SSSR count). The maximum absolute atomic E-state index is 3.97. The molecule has 0 aromatic carbocycles. The summed E-state index contributed by atoms with van der Waals surface area (Å²) in [5.74, 6) is 0. The van der Waals surface area contributed by atoms with Crippen molar-refractivity contribution in [3.8, 4) is 0 Å². The van der Waals surface area contributed by atoms with Gasteiger partial charge in [-0.1, -0.05) is 13.3 Å². The zero-order valence-electron chi connectivity index (χ0n) is 6.25. The molecule has 0 radical (unpaired) electrons. The number of nitrogens with zero attached hydrogens (tertiary/aromatic N) is 2. The van der Waals surface area contributed by atoms with Gasteiger partial charge in [0.2, 0.25) is 0 Å². The van der Waals surface area contributed by atoms with Gasteiger partial charge in [0.15, 0.2) is 0 Å². The molecule has 1 unspecified atom stereocenters. The summed E-state index contributed by atoms with van der Waals surface area (Å²) in [7, 11) is 0.890. The van der Waals surface area contributed by atoms with Crippen molar-refractivity contribution >= 4 is 8.73 Å². The first-order valence-electron chi connectivity index (χ1n) is 3.65. The van der Waals surface area contributed by atoms with E-state index >= 15 is 0 Å². The molecule has 56 valence electrons. The Morgan fingerprint density at radius 2 is 2.50 bits per heavy atom. The van der Waals surface area contributed by atoms with E-state index < -0.39 is 0 Å². The van der Waals surface area contributed by atoms with Crippen LogP contribution in [0.3, 0.4) is 0 Å². The highest BCUT2D eigenvalue weighted by atomic mass is 31.1. The van der Waals surface area contributed by atoms with Crippen LogP contribution >= 0.6 is 8.73 Å². The molecule has 0 amide bonds. The molecule has 0 aliphatic rings. The lowest BCUT2D eigenvalue weighted by molar-refractivity contribution is 0.890. The number of hydrogen-bond donors (Lipinski definition) is 0. The first kappa shape index (κ1) is 7.74. The minimum Gasteiger partial charge on any atom is -0.319 e. The van der Waals surface area contributed by atoms with Gasteiger partial charge in [-0.15, -0.1) is 0 Å². The molecule has 0 aliphatic carbocycles. The Hall–Kier alpha value is -0.360. The topological polar surface area (TPSA) is 17.8 Å². The fraction of sp³-hybridized carbons (Fsp3) is 0.571. The predicted molar refractivity (Wildman–Crippen MR) is 45.7 cm³/mol. The molecule has 3 heteroatoms. The monoisotopic (exact) mass is 156 g/mol. The van der Waals surface area contributed by atoms with Gasteiger partial charge in [0.05, 0.1) is 6.33 Å². The summed E-state index contributed by atoms with van der Waals surface area (Å²) in [6, 6.07) is 0. The van der Waals surface area contributed by atoms with E-state index in [9.17, 15) is 0 Å². The van der Waals surface area contributed by atoms with E-state index in [2.05, 4.69) is 16.2 Å². The Labute approximate surface area is 63.5 Å². The molecule has 2 nitrogen and oxygen atoms in total. The minimum absolute atomic E-state index is 0.890. The number of unbranched alkanes of at least 4 members (excludes halogenated alkanes) is 1. The molecular formula is C7H13N2P. The van der Waals surface area contributed by atoms with Crippen LogP contribution in [-0.4, -0.2) is 15.5 Å². The fourth-order valence-electron chi connectivity index (χ4n) is 0.738. The maximum atomic E-state index is 3.97. The van der Waals surface area contributed by atoms with E-state index in [1.165, 1.54) is 19.0 Å². The largest absolute Gasteiger partial charge is 0.319 e. The summed E-state index contributed by atoms with van der Waals surface area (Å²) < 4.78 is 2.15. The lowest BCUT2D eigenvalue weighted by atomic mass is 10.4. The van der Waals surface area contributed by atoms with E-state index in [4.69, 9.17) is 0 Å². The van der Waals surface area contributed by atoms with E-state index in [0.29, 0.717) is 0 Å². The van der Waals surface area contributed by atoms with Crippen molar-refractivity contribution in [3.63, 3.8) is 0 Å². The maximum Gasteiger partial charge on any atom is 0.0977 e. The van der Waals surface area contributed by atoms with Crippen LogP contribution in [0.2, 0.25) is 0 Å². The lowest BCUT2D eigenvalue weighted by Gasteiger charge is -1.98. The molecule has 0 saturated heterocycles. The average molecular weight is 156 g/mol. The summed E-state index contributed by atoms with van der Waals surface area (Å²) in [6.07, 6.45) is 9.66. The Kier molecular flexibility index (Phi) is 3.45. The number of imidazole rings is 1. The molecule has 0 N–H and O–H groups in total. The second-order valence-corrected chi connectivity index (χ2v) is 3.56. The number of hydrogen-bond acceptors (Lipinski definition) is 1. The Bertz CT molecular complexity index is 160. The fourth-order valence-corrected chi connectivity index (χ4v) is 1.83. The van der Waals surface area contributed by atoms with E-state index in [-0.39, 0.29) is 0 Å². The molecule has 1 aromatic rings. The van der Waals surface area contributed by atoms with Crippen LogP contribution in [0.4, 0.5) is 0 Å². The van der Waals surface area contributed by atoms with Crippen LogP contribution in [0.5, 0.6) is 0 Å². The molecule has 1 aromatic heterocycles. The van der Waals surface area contributed by atoms with Crippen LogP contribution in [0.15, 0.2) is 18.7 Å². The third-order valence-electron chi connectivity index (χ3n) is 1.33. The lowest BCUT2D eigenvalue weighted by Crippen LogP contribution is -1.81. The zero-order chi connectivity index (χ0) is 7.23. The van der Waals surface area contributed by atoms with Crippen molar-refractivity contribution in [1.29, 1.82) is 0 Å². The molecule has 10 heavy (non-hydrogen) atoms. The first-order valence-corrected chi connectivity index (χ1v) is 4.80. The molecule has 0 saturated carbocycles. The average Bonchev–Trinajstić information content (AvgIpc) is 2.41. The van der Waals surface area contributed by atoms with Gasteiger partial charge in [0, 0.05) is 12.4 Å². The Morgan fingerprint density at radius 3 is 3.10 bits per heavy atom. The molecule has 0 fully saturated rings. The third-order valence-corrected chi connectivity index (χ3v) is 2.54. The van der Waals surface area contributed by atoms with Gasteiger partial charge in [-0.05, 0) is 21.3 Å². The number of aromatic nitrogens is 2. The van der Waals surface area contributed by atoms with Gasteiger partial charge in [0.1, 0.15) is 0 Å². The van der Waals surface area contributed by atoms with Crippen molar-refractivity contribution in [1.82, 2.24) is 9.32 Å². The molecule has 0 bridgehead atoms. The summed E-state index contributed by atoms with van der Waals surface area (Å²) in [5, 5.41) is 0. The standard InChI is InChI=1S/C7H13N2P/c1-2-3-6-10-9-5-4-8-7-9/h4-5,7,10H,2-3,6H2,1H3. The normalized spacial score (nSPS) is 11.3. The predicted octanol–water partition coefficient (Wildman–Crippen LogP) is 2.12. The molecule has 0 aliphatic heterocycles. The van der Waals surface area contributed by atoms with Crippen LogP contribution in [0.25, 0.3) is 0 Å². The van der Waals surface area contributed by atoms with Gasteiger partial charge >= 0.3 is 0 Å². The second kappa shape index (κ2) is 4.45. The summed E-state index contributed by atoms with van der Waals surface area (Å²) in [4.78, 5) is 3.97. The van der Waals surface area contributed by atoms with Crippen molar-refractivity contribution in [2.24, 2.45) is 0 Å². The quantitative estimate of drug-likeness (QED) is 0.482.